The number of nitrogens with one attached hydrogen (secondary N) is 1. The lowest BCUT2D eigenvalue weighted by Crippen LogP contribution is -2.25. The molecule has 7 heteroatoms. The fourth-order valence-corrected chi connectivity index (χ4v) is 3.79. The van der Waals surface area contributed by atoms with Gasteiger partial charge in [0.25, 0.3) is 0 Å². The predicted octanol–water partition coefficient (Wildman–Crippen LogP) is 3.45. The Morgan fingerprint density at radius 3 is 2.93 bits per heavy atom. The molecule has 0 saturated carbocycles. The largest absolute Gasteiger partial charge is 0.493 e. The highest BCUT2D eigenvalue weighted by atomic mass is 16.7. The Kier molecular flexibility index (Phi) is 4.45. The molecule has 0 radical (unpaired) electrons. The molecule has 1 aromatic carbocycles. The Hall–Kier alpha value is -2.70. The van der Waals surface area contributed by atoms with Crippen LogP contribution < -0.4 is 19.5 Å². The number of rotatable bonds is 5. The first-order valence-electron chi connectivity index (χ1n) is 9.32. The number of hydrogen-bond donors (Lipinski definition) is 1. The Bertz CT molecular complexity index is 888. The van der Waals surface area contributed by atoms with E-state index in [2.05, 4.69) is 19.2 Å². The fourth-order valence-electron chi connectivity index (χ4n) is 3.79. The van der Waals surface area contributed by atoms with Crippen molar-refractivity contribution in [3.63, 3.8) is 0 Å². The normalized spacial score (nSPS) is 17.8. The van der Waals surface area contributed by atoms with Gasteiger partial charge in [0, 0.05) is 24.4 Å². The first kappa shape index (κ1) is 17.7. The minimum Gasteiger partial charge on any atom is -0.493 e. The van der Waals surface area contributed by atoms with Gasteiger partial charge in [0.1, 0.15) is 5.82 Å². The van der Waals surface area contributed by atoms with E-state index in [1.165, 1.54) is 0 Å². The van der Waals surface area contributed by atoms with Crippen molar-refractivity contribution in [2.24, 2.45) is 5.92 Å². The standard InChI is InChI=1S/C20H25N3O4/c1-11(2)5-6-23-20-18(12(3)22-23)14(9-17(24)21-20)13-7-15(25-4)19-16(8-13)26-10-27-19/h7-8,11,14H,5-6,9-10H2,1-4H3,(H,21,24). The Labute approximate surface area is 158 Å². The number of benzene rings is 1. The molecule has 7 nitrogen and oxygen atoms in total. The van der Waals surface area contributed by atoms with Crippen LogP contribution >= 0.6 is 0 Å². The molecular weight excluding hydrogens is 346 g/mol. The van der Waals surface area contributed by atoms with E-state index in [9.17, 15) is 4.79 Å². The summed E-state index contributed by atoms with van der Waals surface area (Å²) in [6.07, 6.45) is 1.37. The molecule has 0 spiro atoms. The van der Waals surface area contributed by atoms with Crippen molar-refractivity contribution in [1.82, 2.24) is 9.78 Å². The van der Waals surface area contributed by atoms with Crippen LogP contribution in [0.4, 0.5) is 5.82 Å². The molecular formula is C20H25N3O4. The summed E-state index contributed by atoms with van der Waals surface area (Å²) < 4.78 is 18.5. The smallest absolute Gasteiger partial charge is 0.231 e. The molecule has 2 aliphatic heterocycles. The minimum absolute atomic E-state index is 0.00479. The van der Waals surface area contributed by atoms with Gasteiger partial charge in [0.15, 0.2) is 11.5 Å². The molecule has 0 aliphatic carbocycles. The van der Waals surface area contributed by atoms with Crippen molar-refractivity contribution < 1.29 is 19.0 Å². The van der Waals surface area contributed by atoms with Crippen molar-refractivity contribution in [3.8, 4) is 17.2 Å². The first-order valence-corrected chi connectivity index (χ1v) is 9.32. The molecule has 0 saturated heterocycles. The number of carbonyl (C=O) groups is 1. The maximum Gasteiger partial charge on any atom is 0.231 e. The average molecular weight is 371 g/mol. The topological polar surface area (TPSA) is 74.6 Å². The summed E-state index contributed by atoms with van der Waals surface area (Å²) in [6, 6.07) is 3.88. The van der Waals surface area contributed by atoms with Crippen LogP contribution in [0.3, 0.4) is 0 Å². The van der Waals surface area contributed by atoms with E-state index in [0.717, 1.165) is 35.6 Å². The third-order valence-corrected chi connectivity index (χ3v) is 5.17. The van der Waals surface area contributed by atoms with Crippen LogP contribution in [-0.2, 0) is 11.3 Å². The number of carbonyl (C=O) groups excluding carboxylic acids is 1. The number of fused-ring (bicyclic) bond motifs is 2. The molecule has 4 rings (SSSR count). The zero-order valence-electron chi connectivity index (χ0n) is 16.2. The molecule has 0 fully saturated rings. The van der Waals surface area contributed by atoms with Crippen LogP contribution in [0.2, 0.25) is 0 Å². The van der Waals surface area contributed by atoms with E-state index >= 15 is 0 Å². The van der Waals surface area contributed by atoms with E-state index in [1.54, 1.807) is 7.11 Å². The van der Waals surface area contributed by atoms with E-state index in [0.29, 0.717) is 29.6 Å². The van der Waals surface area contributed by atoms with Crippen LogP contribution in [0.25, 0.3) is 0 Å². The van der Waals surface area contributed by atoms with Crippen molar-refractivity contribution in [2.75, 3.05) is 19.2 Å². The fraction of sp³-hybridized carbons (Fsp3) is 0.500. The molecule has 27 heavy (non-hydrogen) atoms. The van der Waals surface area contributed by atoms with Crippen LogP contribution in [0.1, 0.15) is 49.4 Å². The van der Waals surface area contributed by atoms with Crippen molar-refractivity contribution in [3.05, 3.63) is 29.0 Å². The van der Waals surface area contributed by atoms with Crippen molar-refractivity contribution in [1.29, 1.82) is 0 Å². The molecule has 0 bridgehead atoms. The van der Waals surface area contributed by atoms with E-state index in [1.807, 2.05) is 23.7 Å². The van der Waals surface area contributed by atoms with Crippen LogP contribution in [0.15, 0.2) is 12.1 Å². The second-order valence-electron chi connectivity index (χ2n) is 7.52. The monoisotopic (exact) mass is 371 g/mol. The maximum atomic E-state index is 12.5. The summed E-state index contributed by atoms with van der Waals surface area (Å²) in [6.45, 7) is 7.33. The Morgan fingerprint density at radius 1 is 1.37 bits per heavy atom. The lowest BCUT2D eigenvalue weighted by molar-refractivity contribution is -0.116. The summed E-state index contributed by atoms with van der Waals surface area (Å²) in [4.78, 5) is 12.5. The number of ether oxygens (including phenoxy) is 3. The van der Waals surface area contributed by atoms with Gasteiger partial charge in [-0.3, -0.25) is 4.79 Å². The average Bonchev–Trinajstić information content (AvgIpc) is 3.23. The summed E-state index contributed by atoms with van der Waals surface area (Å²) in [5, 5.41) is 7.73. The molecule has 1 unspecified atom stereocenters. The van der Waals surface area contributed by atoms with Crippen molar-refractivity contribution >= 4 is 11.7 Å². The summed E-state index contributed by atoms with van der Waals surface area (Å²) in [5.74, 6) is 3.18. The van der Waals surface area contributed by atoms with Gasteiger partial charge in [-0.05, 0) is 37.0 Å². The van der Waals surface area contributed by atoms with E-state index in [-0.39, 0.29) is 18.6 Å². The quantitative estimate of drug-likeness (QED) is 0.871. The number of aromatic nitrogens is 2. The molecule has 1 N–H and O–H groups in total. The van der Waals surface area contributed by atoms with Gasteiger partial charge in [0.05, 0.1) is 12.8 Å². The third kappa shape index (κ3) is 3.11. The van der Waals surface area contributed by atoms with Crippen LogP contribution in [0.5, 0.6) is 17.2 Å². The van der Waals surface area contributed by atoms with Crippen LogP contribution in [0, 0.1) is 12.8 Å². The lowest BCUT2D eigenvalue weighted by Gasteiger charge is -2.25. The highest BCUT2D eigenvalue weighted by Crippen LogP contribution is 2.47. The molecule has 2 aliphatic rings. The van der Waals surface area contributed by atoms with Gasteiger partial charge in [-0.2, -0.15) is 5.10 Å². The molecule has 1 atom stereocenters. The van der Waals surface area contributed by atoms with Gasteiger partial charge in [-0.1, -0.05) is 13.8 Å². The maximum absolute atomic E-state index is 12.5. The molecule has 1 aromatic heterocycles. The highest BCUT2D eigenvalue weighted by molar-refractivity contribution is 5.94. The summed E-state index contributed by atoms with van der Waals surface area (Å²) in [7, 11) is 1.61. The summed E-state index contributed by atoms with van der Waals surface area (Å²) in [5.41, 5.74) is 2.98. The number of methoxy groups -OCH3 is 1. The van der Waals surface area contributed by atoms with Crippen LogP contribution in [-0.4, -0.2) is 29.6 Å². The van der Waals surface area contributed by atoms with E-state index in [4.69, 9.17) is 19.3 Å². The highest BCUT2D eigenvalue weighted by Gasteiger charge is 2.34. The summed E-state index contributed by atoms with van der Waals surface area (Å²) >= 11 is 0. The van der Waals surface area contributed by atoms with Gasteiger partial charge >= 0.3 is 0 Å². The number of aryl methyl sites for hydroxylation is 2. The third-order valence-electron chi connectivity index (χ3n) is 5.17. The molecule has 3 heterocycles. The van der Waals surface area contributed by atoms with Gasteiger partial charge in [-0.25, -0.2) is 4.68 Å². The number of hydrogen-bond acceptors (Lipinski definition) is 5. The number of amides is 1. The molecule has 2 aromatic rings. The minimum atomic E-state index is -0.0926. The number of anilines is 1. The van der Waals surface area contributed by atoms with Crippen molar-refractivity contribution in [2.45, 2.75) is 46.1 Å². The molecule has 144 valence electrons. The second kappa shape index (κ2) is 6.79. The zero-order chi connectivity index (χ0) is 19.1. The lowest BCUT2D eigenvalue weighted by atomic mass is 9.85. The Balaban J connectivity index is 1.77. The first-order chi connectivity index (χ1) is 13.0. The van der Waals surface area contributed by atoms with Gasteiger partial charge in [-0.15, -0.1) is 0 Å². The predicted molar refractivity (Wildman–Crippen MR) is 101 cm³/mol. The number of nitrogens with zero attached hydrogens (tertiary/aromatic N) is 2. The van der Waals surface area contributed by atoms with Gasteiger partial charge < -0.3 is 19.5 Å². The van der Waals surface area contributed by atoms with E-state index < -0.39 is 0 Å². The Morgan fingerprint density at radius 2 is 2.19 bits per heavy atom. The SMILES string of the molecule is COc1cc(C2CC(=O)Nc3c2c(C)nn3CCC(C)C)cc2c1OCO2. The van der Waals surface area contributed by atoms with Gasteiger partial charge in [0.2, 0.25) is 18.4 Å². The zero-order valence-corrected chi connectivity index (χ0v) is 16.2. The molecule has 1 amide bonds. The second-order valence-corrected chi connectivity index (χ2v) is 7.52.